The molecule has 1 fully saturated rings. The van der Waals surface area contributed by atoms with Crippen LogP contribution in [0.1, 0.15) is 31.6 Å². The van der Waals surface area contributed by atoms with Crippen LogP contribution in [-0.4, -0.2) is 65.8 Å². The minimum atomic E-state index is -0.160. The third-order valence-electron chi connectivity index (χ3n) is 4.96. The minimum Gasteiger partial charge on any atom is -0.366 e. The quantitative estimate of drug-likeness (QED) is 0.784. The van der Waals surface area contributed by atoms with Crippen LogP contribution < -0.4 is 0 Å². The van der Waals surface area contributed by atoms with Gasteiger partial charge in [0.1, 0.15) is 5.70 Å². The first-order valence-electron chi connectivity index (χ1n) is 8.49. The van der Waals surface area contributed by atoms with Gasteiger partial charge in [0.25, 0.3) is 11.8 Å². The first-order valence-corrected chi connectivity index (χ1v) is 9.37. The number of likely N-dealkylation sites (tertiary alicyclic amines) is 1. The zero-order chi connectivity index (χ0) is 17.4. The summed E-state index contributed by atoms with van der Waals surface area (Å²) in [5.41, 5.74) is 1.15. The van der Waals surface area contributed by atoms with Crippen LogP contribution >= 0.6 is 11.3 Å². The van der Waals surface area contributed by atoms with E-state index >= 15 is 0 Å². The van der Waals surface area contributed by atoms with Crippen molar-refractivity contribution in [2.75, 3.05) is 27.2 Å². The second-order valence-electron chi connectivity index (χ2n) is 6.92. The van der Waals surface area contributed by atoms with Gasteiger partial charge < -0.3 is 9.80 Å². The highest BCUT2D eigenvalue weighted by atomic mass is 32.1. The Morgan fingerprint density at radius 2 is 1.88 bits per heavy atom. The van der Waals surface area contributed by atoms with Gasteiger partial charge in [0, 0.05) is 24.0 Å². The molecule has 0 N–H and O–H groups in total. The normalized spacial score (nSPS) is 20.6. The summed E-state index contributed by atoms with van der Waals surface area (Å²) in [5.74, 6) is -0.313. The van der Waals surface area contributed by atoms with Crippen molar-refractivity contribution in [2.24, 2.45) is 0 Å². The molecule has 1 aromatic heterocycles. The summed E-state index contributed by atoms with van der Waals surface area (Å²) in [5, 5.41) is 1.95. The van der Waals surface area contributed by atoms with Crippen LogP contribution in [0.15, 0.2) is 23.2 Å². The lowest BCUT2D eigenvalue weighted by Gasteiger charge is -2.36. The highest BCUT2D eigenvalue weighted by Crippen LogP contribution is 2.36. The van der Waals surface area contributed by atoms with Gasteiger partial charge in [-0.3, -0.25) is 14.5 Å². The second kappa shape index (κ2) is 6.69. The topological polar surface area (TPSA) is 43.9 Å². The second-order valence-corrected chi connectivity index (χ2v) is 7.87. The van der Waals surface area contributed by atoms with Crippen molar-refractivity contribution in [3.8, 4) is 0 Å². The van der Waals surface area contributed by atoms with Gasteiger partial charge in [-0.2, -0.15) is 0 Å². The van der Waals surface area contributed by atoms with Gasteiger partial charge in [-0.05, 0) is 58.3 Å². The first-order chi connectivity index (χ1) is 11.4. The van der Waals surface area contributed by atoms with E-state index in [1.165, 1.54) is 16.2 Å². The summed E-state index contributed by atoms with van der Waals surface area (Å²) in [6, 6.07) is 4.02. The number of nitrogens with zero attached hydrogens (tertiary/aromatic N) is 3. The van der Waals surface area contributed by atoms with Gasteiger partial charge in [0.15, 0.2) is 0 Å². The van der Waals surface area contributed by atoms with Crippen molar-refractivity contribution in [1.82, 2.24) is 14.7 Å². The third kappa shape index (κ3) is 2.89. The number of hydrogen-bond acceptors (Lipinski definition) is 5. The lowest BCUT2D eigenvalue weighted by Crippen LogP contribution is -2.44. The number of amides is 2. The zero-order valence-electron chi connectivity index (χ0n) is 14.8. The molecule has 2 aliphatic heterocycles. The van der Waals surface area contributed by atoms with Crippen molar-refractivity contribution in [1.29, 1.82) is 0 Å². The van der Waals surface area contributed by atoms with Crippen LogP contribution in [0.4, 0.5) is 0 Å². The summed E-state index contributed by atoms with van der Waals surface area (Å²) < 4.78 is 0. The van der Waals surface area contributed by atoms with Gasteiger partial charge >= 0.3 is 0 Å². The number of carbonyl (C=O) groups is 2. The van der Waals surface area contributed by atoms with E-state index in [2.05, 4.69) is 16.8 Å². The number of rotatable bonds is 4. The number of likely N-dealkylation sites (N-methyl/N-ethyl adjacent to an activating group) is 1. The van der Waals surface area contributed by atoms with Crippen molar-refractivity contribution in [2.45, 2.75) is 38.8 Å². The average molecular weight is 347 g/mol. The third-order valence-corrected chi connectivity index (χ3v) is 5.85. The molecular weight excluding hydrogens is 322 g/mol. The van der Waals surface area contributed by atoms with Gasteiger partial charge in [0.05, 0.1) is 5.57 Å². The van der Waals surface area contributed by atoms with Gasteiger partial charge in [-0.25, -0.2) is 0 Å². The van der Waals surface area contributed by atoms with Crippen LogP contribution in [0.2, 0.25) is 0 Å². The van der Waals surface area contributed by atoms with Crippen LogP contribution in [0.3, 0.4) is 0 Å². The Labute approximate surface area is 147 Å². The molecule has 0 saturated carbocycles. The number of piperidine rings is 1. The Kier molecular flexibility index (Phi) is 4.78. The molecule has 0 bridgehead atoms. The minimum absolute atomic E-state index is 0.136. The molecule has 3 heterocycles. The van der Waals surface area contributed by atoms with Gasteiger partial charge in [0.2, 0.25) is 0 Å². The highest BCUT2D eigenvalue weighted by molar-refractivity contribution is 7.11. The fourth-order valence-corrected chi connectivity index (χ4v) is 4.30. The Bertz CT molecular complexity index is 658. The highest BCUT2D eigenvalue weighted by Gasteiger charge is 2.43. The molecule has 3 rings (SSSR count). The fourth-order valence-electron chi connectivity index (χ4n) is 3.54. The Morgan fingerprint density at radius 3 is 2.42 bits per heavy atom. The van der Waals surface area contributed by atoms with Crippen LogP contribution in [-0.2, 0) is 9.59 Å². The molecule has 1 saturated heterocycles. The summed E-state index contributed by atoms with van der Waals surface area (Å²) in [4.78, 5) is 32.6. The van der Waals surface area contributed by atoms with Crippen LogP contribution in [0, 0.1) is 0 Å². The molecule has 24 heavy (non-hydrogen) atoms. The van der Waals surface area contributed by atoms with Gasteiger partial charge in [-0.15, -0.1) is 11.3 Å². The molecule has 0 radical (unpaired) electrons. The number of thiophene rings is 1. The SMILES string of the molecule is CC(C)N1C(=O)C(c2cccs2)=C(N(C)C2CCN(C)CC2)C1=O. The van der Waals surface area contributed by atoms with E-state index in [9.17, 15) is 9.59 Å². The monoisotopic (exact) mass is 347 g/mol. The lowest BCUT2D eigenvalue weighted by atomic mass is 10.0. The smallest absolute Gasteiger partial charge is 0.278 e. The van der Waals surface area contributed by atoms with E-state index < -0.39 is 0 Å². The molecule has 2 amide bonds. The Hall–Kier alpha value is -1.66. The summed E-state index contributed by atoms with van der Waals surface area (Å²) in [6.45, 7) is 5.82. The summed E-state index contributed by atoms with van der Waals surface area (Å²) in [7, 11) is 4.09. The zero-order valence-corrected chi connectivity index (χ0v) is 15.6. The predicted molar refractivity (Wildman–Crippen MR) is 96.5 cm³/mol. The maximum absolute atomic E-state index is 13.0. The maximum Gasteiger partial charge on any atom is 0.278 e. The van der Waals surface area contributed by atoms with Crippen LogP contribution in [0.5, 0.6) is 0 Å². The Morgan fingerprint density at radius 1 is 1.21 bits per heavy atom. The van der Waals surface area contributed by atoms with Crippen LogP contribution in [0.25, 0.3) is 5.57 Å². The van der Waals surface area contributed by atoms with Crippen molar-refractivity contribution >= 4 is 28.7 Å². The average Bonchev–Trinajstić information content (AvgIpc) is 3.13. The molecule has 0 atom stereocenters. The van der Waals surface area contributed by atoms with E-state index in [4.69, 9.17) is 0 Å². The summed E-state index contributed by atoms with van der Waals surface area (Å²) >= 11 is 1.52. The van der Waals surface area contributed by atoms with Crippen molar-refractivity contribution in [3.63, 3.8) is 0 Å². The van der Waals surface area contributed by atoms with E-state index in [0.717, 1.165) is 30.8 Å². The molecule has 0 aliphatic carbocycles. The molecular formula is C18H25N3O2S. The number of carbonyl (C=O) groups excluding carboxylic acids is 2. The fraction of sp³-hybridized carbons (Fsp3) is 0.556. The lowest BCUT2D eigenvalue weighted by molar-refractivity contribution is -0.139. The molecule has 0 spiro atoms. The maximum atomic E-state index is 13.0. The largest absolute Gasteiger partial charge is 0.366 e. The summed E-state index contributed by atoms with van der Waals surface area (Å²) in [6.07, 6.45) is 2.02. The molecule has 2 aliphatic rings. The van der Waals surface area contributed by atoms with E-state index in [1.807, 2.05) is 38.4 Å². The van der Waals surface area contributed by atoms with Gasteiger partial charge in [-0.1, -0.05) is 6.07 Å². The molecule has 6 heteroatoms. The number of hydrogen-bond donors (Lipinski definition) is 0. The van der Waals surface area contributed by atoms with E-state index in [0.29, 0.717) is 17.3 Å². The van der Waals surface area contributed by atoms with Crippen molar-refractivity contribution in [3.05, 3.63) is 28.1 Å². The van der Waals surface area contributed by atoms with Crippen molar-refractivity contribution < 1.29 is 9.59 Å². The molecule has 130 valence electrons. The Balaban J connectivity index is 1.99. The standard InChI is InChI=1S/C18H25N3O2S/c1-12(2)21-17(22)15(14-6-5-11-24-14)16(18(21)23)20(4)13-7-9-19(3)10-8-13/h5-6,11-13H,7-10H2,1-4H3. The van der Waals surface area contributed by atoms with E-state index in [1.54, 1.807) is 0 Å². The molecule has 5 nitrogen and oxygen atoms in total. The first kappa shape index (κ1) is 17.2. The van der Waals surface area contributed by atoms with E-state index in [-0.39, 0.29) is 17.9 Å². The predicted octanol–water partition coefficient (Wildman–Crippen LogP) is 2.26. The molecule has 0 unspecified atom stereocenters. The number of imide groups is 1. The molecule has 0 aromatic carbocycles. The molecule has 1 aromatic rings.